The number of rotatable bonds is 23. The maximum Gasteiger partial charge on any atom is 0.187 e. The molecule has 100 heavy (non-hydrogen) atoms. The van der Waals surface area contributed by atoms with Crippen LogP contribution in [0.15, 0.2) is 11.6 Å². The molecule has 6 heterocycles. The molecule has 0 aromatic heterocycles. The standard InChI is InChI=1S/C67H114O33/c1-25(27-16-17-65(7)36-13-11-28-29(67(36,9)37(71)18-66(27,65)8)12-15-38(63(28,3)4)98-60-54(86)50(82)45(77)34(96-60)23-90-58-52(84)47(79)42(74)31(20-69)93-58)10-14-39(64(5,6)88)99-62-56(100-61-55(87)48(80)43(75)32(21-70)94-61)51(83)46(78)35(97-62)24-91-59-53(85)49(81)44(76)33(95-59)22-89-57-41(73)26(2)40(72)30(19-68)92-57/h11,25-27,29-62,68-88H,10,12-24H2,1-9H3/t25-,26+,27-,29-,30-,31-,32-,33-,34-,35-,36+,37-,38+,39-,40+,41-,42-,43-,44-,45-,46-,47+,48+,49+,50+,51+,52-,53-,54-,55-,56-,57-,58-,59-,60+,61+,62+,65+,66-,67+/m1/s1. The highest BCUT2D eigenvalue weighted by Gasteiger charge is 2.71. The van der Waals surface area contributed by atoms with Crippen molar-refractivity contribution >= 4 is 0 Å². The first-order chi connectivity index (χ1) is 46.8. The molecule has 0 radical (unpaired) electrons. The van der Waals surface area contributed by atoms with Gasteiger partial charge in [-0.2, -0.15) is 0 Å². The summed E-state index contributed by atoms with van der Waals surface area (Å²) in [5, 5.41) is 229. The predicted molar refractivity (Wildman–Crippen MR) is 336 cm³/mol. The molecule has 10 aliphatic rings. The summed E-state index contributed by atoms with van der Waals surface area (Å²) in [6, 6.07) is 0. The molecule has 0 bridgehead atoms. The van der Waals surface area contributed by atoms with E-state index in [1.54, 1.807) is 0 Å². The van der Waals surface area contributed by atoms with Gasteiger partial charge in [0.15, 0.2) is 37.7 Å². The fourth-order valence-corrected chi connectivity index (χ4v) is 18.6. The highest BCUT2D eigenvalue weighted by atomic mass is 16.8. The Morgan fingerprint density at radius 2 is 0.900 bits per heavy atom. The molecule has 580 valence electrons. The molecule has 4 aliphatic carbocycles. The fraction of sp³-hybridized carbons (Fsp3) is 0.970. The summed E-state index contributed by atoms with van der Waals surface area (Å²) in [4.78, 5) is 0. The number of fused-ring (bicyclic) bond motifs is 5. The summed E-state index contributed by atoms with van der Waals surface area (Å²) in [7, 11) is 0. The maximum absolute atomic E-state index is 12.9. The third kappa shape index (κ3) is 14.9. The Balaban J connectivity index is 0.815. The second kappa shape index (κ2) is 31.6. The summed E-state index contributed by atoms with van der Waals surface area (Å²) in [6.45, 7) is 13.4. The Kier molecular flexibility index (Phi) is 25.5. The van der Waals surface area contributed by atoms with Gasteiger partial charge in [-0.15, -0.1) is 0 Å². The molecule has 33 heteroatoms. The number of ether oxygens (including phenoxy) is 12. The highest BCUT2D eigenvalue weighted by Crippen LogP contribution is 2.75. The first kappa shape index (κ1) is 80.9. The van der Waals surface area contributed by atoms with E-state index in [-0.39, 0.29) is 35.5 Å². The molecule has 40 atom stereocenters. The van der Waals surface area contributed by atoms with Crippen molar-refractivity contribution in [2.24, 2.45) is 51.2 Å². The van der Waals surface area contributed by atoms with Crippen molar-refractivity contribution in [2.45, 2.75) is 316 Å². The Bertz CT molecular complexity index is 2670. The van der Waals surface area contributed by atoms with E-state index in [2.05, 4.69) is 33.8 Å². The average Bonchev–Trinajstić information content (AvgIpc) is 1.33. The summed E-state index contributed by atoms with van der Waals surface area (Å²) in [6.07, 6.45) is -44.1. The van der Waals surface area contributed by atoms with Gasteiger partial charge in [0.1, 0.15) is 134 Å². The topological polar surface area (TPSA) is 536 Å². The van der Waals surface area contributed by atoms with Gasteiger partial charge >= 0.3 is 0 Å². The van der Waals surface area contributed by atoms with E-state index in [4.69, 9.17) is 56.8 Å². The van der Waals surface area contributed by atoms with Gasteiger partial charge in [0.25, 0.3) is 0 Å². The lowest BCUT2D eigenvalue weighted by atomic mass is 9.38. The molecule has 0 aromatic carbocycles. The van der Waals surface area contributed by atoms with Crippen LogP contribution in [0.3, 0.4) is 0 Å². The van der Waals surface area contributed by atoms with Crippen LogP contribution in [0.5, 0.6) is 0 Å². The van der Waals surface area contributed by atoms with Gasteiger partial charge in [-0.1, -0.05) is 60.1 Å². The van der Waals surface area contributed by atoms with Crippen LogP contribution in [-0.4, -0.2) is 349 Å². The Hall–Kier alpha value is -1.58. The van der Waals surface area contributed by atoms with Crippen molar-refractivity contribution in [3.05, 3.63) is 11.6 Å². The van der Waals surface area contributed by atoms with Gasteiger partial charge in [-0.25, -0.2) is 0 Å². The predicted octanol–water partition coefficient (Wildman–Crippen LogP) is -6.31. The Labute approximate surface area is 580 Å². The molecule has 21 N–H and O–H groups in total. The Morgan fingerprint density at radius 1 is 0.480 bits per heavy atom. The van der Waals surface area contributed by atoms with E-state index in [9.17, 15) is 107 Å². The first-order valence-electron chi connectivity index (χ1n) is 35.4. The maximum atomic E-state index is 12.9. The monoisotopic (exact) mass is 1450 g/mol. The molecule has 9 fully saturated rings. The summed E-state index contributed by atoms with van der Waals surface area (Å²) in [5.41, 5.74) is -2.66. The number of allylic oxidation sites excluding steroid dienone is 1. The van der Waals surface area contributed by atoms with Gasteiger partial charge in [0.2, 0.25) is 0 Å². The van der Waals surface area contributed by atoms with E-state index in [0.717, 1.165) is 18.4 Å². The summed E-state index contributed by atoms with van der Waals surface area (Å²) in [5.74, 6) is -0.952. The third-order valence-corrected chi connectivity index (χ3v) is 25.3. The first-order valence-corrected chi connectivity index (χ1v) is 35.4. The van der Waals surface area contributed by atoms with Gasteiger partial charge in [-0.05, 0) is 99.7 Å². The van der Waals surface area contributed by atoms with Crippen LogP contribution in [0.4, 0.5) is 0 Å². The van der Waals surface area contributed by atoms with Crippen LogP contribution in [0.1, 0.15) is 114 Å². The molecule has 33 nitrogen and oxygen atoms in total. The van der Waals surface area contributed by atoms with Crippen LogP contribution >= 0.6 is 0 Å². The van der Waals surface area contributed by atoms with Crippen molar-refractivity contribution in [1.29, 1.82) is 0 Å². The largest absolute Gasteiger partial charge is 0.394 e. The average molecular weight is 1450 g/mol. The van der Waals surface area contributed by atoms with Crippen molar-refractivity contribution < 1.29 is 164 Å². The molecular formula is C67H114O33. The van der Waals surface area contributed by atoms with Crippen LogP contribution < -0.4 is 0 Å². The van der Waals surface area contributed by atoms with Crippen molar-refractivity contribution in [3.63, 3.8) is 0 Å². The highest BCUT2D eigenvalue weighted by molar-refractivity contribution is 5.32. The minimum Gasteiger partial charge on any atom is -0.394 e. The molecule has 0 unspecified atom stereocenters. The van der Waals surface area contributed by atoms with Gasteiger partial charge in [0, 0.05) is 16.7 Å². The minimum absolute atomic E-state index is 0.00561. The lowest BCUT2D eigenvalue weighted by molar-refractivity contribution is -0.380. The molecular weight excluding hydrogens is 1330 g/mol. The van der Waals surface area contributed by atoms with E-state index >= 15 is 0 Å². The van der Waals surface area contributed by atoms with Crippen LogP contribution in [0.2, 0.25) is 0 Å². The fourth-order valence-electron chi connectivity index (χ4n) is 18.6. The van der Waals surface area contributed by atoms with Gasteiger partial charge in [0.05, 0.1) is 69.7 Å². The SMILES string of the molecule is C[C@@H]1[C@@H](O)[C@H](OC[C@H]2O[C@@H](OC[C@H]3O[C@@H](O[C@H](CC[C@@H](C)[C@H]4CC[C@@]5(C)[C@@H]6CC=C7[C@@H](CC[C@H](O[C@@H]8O[C@H](CO[C@@H]9O[C@H](CO)[C@@H](O)[C@H](O)[C@H]9O)[C@@H](O)[C@H](O)[C@H]8O)C7(C)C)[C@]6(C)[C@H](O)C[C@]45C)C(C)(C)O)[C@H](O[C@@H]4O[C@H](CO)[C@@H](O)[C@H](O)[C@H]4O)[C@@H](O)[C@@H]3O)[C@H](O)[C@@H](O)[C@@H]2O)O[C@H](CO)[C@H]1O. The van der Waals surface area contributed by atoms with Gasteiger partial charge < -0.3 is 164 Å². The number of hydrogen-bond donors (Lipinski definition) is 21. The van der Waals surface area contributed by atoms with Crippen LogP contribution in [-0.2, 0) is 56.8 Å². The van der Waals surface area contributed by atoms with Crippen LogP contribution in [0, 0.1) is 51.2 Å². The van der Waals surface area contributed by atoms with E-state index in [1.807, 2.05) is 13.8 Å². The quantitative estimate of drug-likeness (QED) is 0.0423. The smallest absolute Gasteiger partial charge is 0.187 e. The zero-order valence-electron chi connectivity index (χ0n) is 58.1. The zero-order valence-corrected chi connectivity index (χ0v) is 58.1. The molecule has 3 saturated carbocycles. The molecule has 0 aromatic rings. The van der Waals surface area contributed by atoms with E-state index < -0.39 is 264 Å². The van der Waals surface area contributed by atoms with Crippen molar-refractivity contribution in [3.8, 4) is 0 Å². The Morgan fingerprint density at radius 3 is 1.40 bits per heavy atom. The molecule has 6 saturated heterocycles. The van der Waals surface area contributed by atoms with Crippen molar-refractivity contribution in [1.82, 2.24) is 0 Å². The molecule has 6 aliphatic heterocycles. The summed E-state index contributed by atoms with van der Waals surface area (Å²) >= 11 is 0. The van der Waals surface area contributed by atoms with E-state index in [0.29, 0.717) is 32.1 Å². The van der Waals surface area contributed by atoms with Crippen LogP contribution in [0.25, 0.3) is 0 Å². The lowest BCUT2D eigenvalue weighted by Crippen LogP contribution is -2.65. The normalized spacial score (nSPS) is 52.1. The second-order valence-corrected chi connectivity index (χ2v) is 31.9. The second-order valence-electron chi connectivity index (χ2n) is 31.9. The molecule has 0 amide bonds. The number of aliphatic hydroxyl groups is 21. The number of hydrogen-bond acceptors (Lipinski definition) is 33. The molecule has 10 rings (SSSR count). The number of aliphatic hydroxyl groups excluding tert-OH is 20. The zero-order chi connectivity index (χ0) is 73.5. The van der Waals surface area contributed by atoms with Crippen molar-refractivity contribution in [2.75, 3.05) is 39.6 Å². The van der Waals surface area contributed by atoms with Gasteiger partial charge in [-0.3, -0.25) is 0 Å². The molecule has 0 spiro atoms. The minimum atomic E-state index is -2.02. The summed E-state index contributed by atoms with van der Waals surface area (Å²) < 4.78 is 71.4. The third-order valence-electron chi connectivity index (χ3n) is 25.3. The van der Waals surface area contributed by atoms with E-state index in [1.165, 1.54) is 20.8 Å². The lowest BCUT2D eigenvalue weighted by Gasteiger charge is -2.67.